The van der Waals surface area contributed by atoms with E-state index in [1.807, 2.05) is 6.92 Å². The SMILES string of the molecule is C[C@H](Cl)C(=O)N[C@H](C)c1ccc(F)cc1. The standard InChI is InChI=1S/C11H13ClFNO/c1-7(12)11(15)14-8(2)9-3-5-10(13)6-4-9/h3-8H,1-2H3,(H,14,15)/t7-,8+/m0/s1. The second-order valence-electron chi connectivity index (χ2n) is 3.40. The van der Waals surface area contributed by atoms with Crippen molar-refractivity contribution >= 4 is 17.5 Å². The molecule has 0 aliphatic rings. The molecule has 0 aliphatic carbocycles. The van der Waals surface area contributed by atoms with Gasteiger partial charge in [-0.15, -0.1) is 11.6 Å². The van der Waals surface area contributed by atoms with Gasteiger partial charge in [0.1, 0.15) is 11.2 Å². The average molecular weight is 230 g/mol. The van der Waals surface area contributed by atoms with Crippen LogP contribution in [0, 0.1) is 5.82 Å². The summed E-state index contributed by atoms with van der Waals surface area (Å²) in [6.07, 6.45) is 0. The third-order valence-electron chi connectivity index (χ3n) is 2.09. The van der Waals surface area contributed by atoms with Crippen molar-refractivity contribution in [3.63, 3.8) is 0 Å². The Morgan fingerprint density at radius 1 is 1.33 bits per heavy atom. The molecule has 1 N–H and O–H groups in total. The molecule has 2 atom stereocenters. The molecule has 1 amide bonds. The molecule has 0 radical (unpaired) electrons. The normalized spacial score (nSPS) is 14.4. The van der Waals surface area contributed by atoms with Crippen LogP contribution < -0.4 is 5.32 Å². The van der Waals surface area contributed by atoms with Crippen LogP contribution in [0.1, 0.15) is 25.5 Å². The number of amides is 1. The summed E-state index contributed by atoms with van der Waals surface area (Å²) < 4.78 is 12.6. The fraction of sp³-hybridized carbons (Fsp3) is 0.364. The quantitative estimate of drug-likeness (QED) is 0.794. The van der Waals surface area contributed by atoms with Crippen LogP contribution in [0.5, 0.6) is 0 Å². The smallest absolute Gasteiger partial charge is 0.238 e. The second-order valence-corrected chi connectivity index (χ2v) is 4.05. The van der Waals surface area contributed by atoms with Gasteiger partial charge in [0.2, 0.25) is 5.91 Å². The molecule has 1 rings (SSSR count). The highest BCUT2D eigenvalue weighted by Crippen LogP contribution is 2.13. The van der Waals surface area contributed by atoms with E-state index in [2.05, 4.69) is 5.32 Å². The third kappa shape index (κ3) is 3.51. The van der Waals surface area contributed by atoms with Gasteiger partial charge in [-0.05, 0) is 31.5 Å². The number of hydrogen-bond acceptors (Lipinski definition) is 1. The summed E-state index contributed by atoms with van der Waals surface area (Å²) in [6.45, 7) is 3.43. The molecule has 0 unspecified atom stereocenters. The maximum atomic E-state index is 12.6. The van der Waals surface area contributed by atoms with E-state index in [9.17, 15) is 9.18 Å². The second kappa shape index (κ2) is 5.12. The Morgan fingerprint density at radius 2 is 1.87 bits per heavy atom. The summed E-state index contributed by atoms with van der Waals surface area (Å²) in [7, 11) is 0. The van der Waals surface area contributed by atoms with Gasteiger partial charge in [-0.2, -0.15) is 0 Å². The Morgan fingerprint density at radius 3 is 2.33 bits per heavy atom. The number of benzene rings is 1. The zero-order valence-corrected chi connectivity index (χ0v) is 9.38. The molecule has 4 heteroatoms. The summed E-state index contributed by atoms with van der Waals surface area (Å²) in [5, 5.41) is 2.16. The minimum atomic E-state index is -0.562. The van der Waals surface area contributed by atoms with Crippen molar-refractivity contribution in [1.29, 1.82) is 0 Å². The van der Waals surface area contributed by atoms with Crippen molar-refractivity contribution in [1.82, 2.24) is 5.32 Å². The zero-order valence-electron chi connectivity index (χ0n) is 8.63. The lowest BCUT2D eigenvalue weighted by molar-refractivity contribution is -0.121. The number of hydrogen-bond donors (Lipinski definition) is 1. The van der Waals surface area contributed by atoms with Crippen molar-refractivity contribution in [2.24, 2.45) is 0 Å². The van der Waals surface area contributed by atoms with Crippen LogP contribution in [0.25, 0.3) is 0 Å². The summed E-state index contributed by atoms with van der Waals surface area (Å²) in [6, 6.07) is 5.84. The Labute approximate surface area is 93.4 Å². The Hall–Kier alpha value is -1.09. The molecular weight excluding hydrogens is 217 g/mol. The first-order valence-corrected chi connectivity index (χ1v) is 5.14. The van der Waals surface area contributed by atoms with Gasteiger partial charge in [0.15, 0.2) is 0 Å². The lowest BCUT2D eigenvalue weighted by Crippen LogP contribution is -2.31. The van der Waals surface area contributed by atoms with Crippen molar-refractivity contribution in [2.75, 3.05) is 0 Å². The van der Waals surface area contributed by atoms with Gasteiger partial charge in [0, 0.05) is 0 Å². The van der Waals surface area contributed by atoms with Crippen LogP contribution in [-0.2, 0) is 4.79 Å². The van der Waals surface area contributed by atoms with Crippen molar-refractivity contribution in [2.45, 2.75) is 25.3 Å². The van der Waals surface area contributed by atoms with Gasteiger partial charge in [-0.3, -0.25) is 4.79 Å². The first-order valence-electron chi connectivity index (χ1n) is 4.70. The molecule has 0 aliphatic heterocycles. The minimum absolute atomic E-state index is 0.167. The Bertz CT molecular complexity index is 337. The predicted octanol–water partition coefficient (Wildman–Crippen LogP) is 2.63. The molecule has 0 aromatic heterocycles. The molecule has 2 nitrogen and oxygen atoms in total. The Kier molecular flexibility index (Phi) is 4.09. The lowest BCUT2D eigenvalue weighted by atomic mass is 10.1. The number of carbonyl (C=O) groups is 1. The molecular formula is C11H13ClFNO. The summed E-state index contributed by atoms with van der Waals surface area (Å²) in [5.74, 6) is -0.517. The van der Waals surface area contributed by atoms with E-state index in [1.54, 1.807) is 19.1 Å². The van der Waals surface area contributed by atoms with E-state index in [0.29, 0.717) is 0 Å². The largest absolute Gasteiger partial charge is 0.348 e. The summed E-state index contributed by atoms with van der Waals surface area (Å²) >= 11 is 5.61. The molecule has 0 saturated carbocycles. The van der Waals surface area contributed by atoms with Gasteiger partial charge in [0.05, 0.1) is 6.04 Å². The van der Waals surface area contributed by atoms with Crippen molar-refractivity contribution < 1.29 is 9.18 Å². The minimum Gasteiger partial charge on any atom is -0.348 e. The molecule has 0 fully saturated rings. The molecule has 0 bridgehead atoms. The lowest BCUT2D eigenvalue weighted by Gasteiger charge is -2.15. The summed E-state index contributed by atoms with van der Waals surface area (Å²) in [4.78, 5) is 11.3. The number of nitrogens with one attached hydrogen (secondary N) is 1. The number of alkyl halides is 1. The van der Waals surface area contributed by atoms with E-state index in [0.717, 1.165) is 5.56 Å². The van der Waals surface area contributed by atoms with Crippen LogP contribution >= 0.6 is 11.6 Å². The molecule has 1 aromatic carbocycles. The molecule has 0 saturated heterocycles. The fourth-order valence-electron chi connectivity index (χ4n) is 1.16. The number of halogens is 2. The Balaban J connectivity index is 2.65. The monoisotopic (exact) mass is 229 g/mol. The van der Waals surface area contributed by atoms with Gasteiger partial charge < -0.3 is 5.32 Å². The molecule has 82 valence electrons. The number of rotatable bonds is 3. The van der Waals surface area contributed by atoms with Gasteiger partial charge in [-0.1, -0.05) is 12.1 Å². The van der Waals surface area contributed by atoms with E-state index in [1.165, 1.54) is 12.1 Å². The van der Waals surface area contributed by atoms with Crippen LogP contribution in [-0.4, -0.2) is 11.3 Å². The first-order chi connectivity index (χ1) is 7.00. The molecule has 1 aromatic rings. The van der Waals surface area contributed by atoms with Crippen LogP contribution in [0.3, 0.4) is 0 Å². The van der Waals surface area contributed by atoms with Crippen LogP contribution in [0.4, 0.5) is 4.39 Å². The maximum Gasteiger partial charge on any atom is 0.238 e. The molecule has 0 spiro atoms. The topological polar surface area (TPSA) is 29.1 Å². The van der Waals surface area contributed by atoms with E-state index in [-0.39, 0.29) is 17.8 Å². The van der Waals surface area contributed by atoms with Crippen LogP contribution in [0.15, 0.2) is 24.3 Å². The van der Waals surface area contributed by atoms with Gasteiger partial charge in [0.25, 0.3) is 0 Å². The van der Waals surface area contributed by atoms with Gasteiger partial charge >= 0.3 is 0 Å². The van der Waals surface area contributed by atoms with E-state index in [4.69, 9.17) is 11.6 Å². The highest BCUT2D eigenvalue weighted by Gasteiger charge is 2.13. The highest BCUT2D eigenvalue weighted by molar-refractivity contribution is 6.30. The fourth-order valence-corrected chi connectivity index (χ4v) is 1.23. The number of carbonyl (C=O) groups excluding carboxylic acids is 1. The highest BCUT2D eigenvalue weighted by atomic mass is 35.5. The average Bonchev–Trinajstić information content (AvgIpc) is 2.18. The van der Waals surface area contributed by atoms with Crippen molar-refractivity contribution in [3.05, 3.63) is 35.6 Å². The van der Waals surface area contributed by atoms with Gasteiger partial charge in [-0.25, -0.2) is 4.39 Å². The summed E-state index contributed by atoms with van der Waals surface area (Å²) in [5.41, 5.74) is 0.849. The van der Waals surface area contributed by atoms with E-state index < -0.39 is 5.38 Å². The first kappa shape index (κ1) is 12.0. The third-order valence-corrected chi connectivity index (χ3v) is 2.29. The molecule has 0 heterocycles. The van der Waals surface area contributed by atoms with E-state index >= 15 is 0 Å². The maximum absolute atomic E-state index is 12.6. The zero-order chi connectivity index (χ0) is 11.4. The molecule has 15 heavy (non-hydrogen) atoms. The van der Waals surface area contributed by atoms with Crippen molar-refractivity contribution in [3.8, 4) is 0 Å². The van der Waals surface area contributed by atoms with Crippen LogP contribution in [0.2, 0.25) is 0 Å². The predicted molar refractivity (Wildman–Crippen MR) is 58.3 cm³/mol.